The molecule has 0 radical (unpaired) electrons. The first-order valence-corrected chi connectivity index (χ1v) is 9.33. The fourth-order valence-electron chi connectivity index (χ4n) is 3.47. The second-order valence-electron chi connectivity index (χ2n) is 6.73. The van der Waals surface area contributed by atoms with Crippen LogP contribution in [0.25, 0.3) is 0 Å². The monoisotopic (exact) mass is 354 g/mol. The van der Waals surface area contributed by atoms with E-state index in [2.05, 4.69) is 9.88 Å². The maximum atomic E-state index is 12.7. The quantitative estimate of drug-likeness (QED) is 0.831. The van der Waals surface area contributed by atoms with Gasteiger partial charge in [0.1, 0.15) is 4.88 Å². The summed E-state index contributed by atoms with van der Waals surface area (Å²) in [6, 6.07) is 0. The Morgan fingerprint density at radius 1 is 1.33 bits per heavy atom. The van der Waals surface area contributed by atoms with Crippen molar-refractivity contribution < 1.29 is 14.6 Å². The molecule has 1 aromatic rings. The lowest BCUT2D eigenvalue weighted by atomic mass is 9.94. The maximum absolute atomic E-state index is 12.7. The Bertz CT molecular complexity index is 588. The van der Waals surface area contributed by atoms with Crippen molar-refractivity contribution >= 4 is 22.4 Å². The molecule has 0 bridgehead atoms. The number of likely N-dealkylation sites (tertiary alicyclic amines) is 1. The predicted octanol–water partition coefficient (Wildman–Crippen LogP) is 0.723. The van der Waals surface area contributed by atoms with Gasteiger partial charge in [0.2, 0.25) is 0 Å². The van der Waals surface area contributed by atoms with E-state index in [0.717, 1.165) is 39.1 Å². The van der Waals surface area contributed by atoms with Gasteiger partial charge < -0.3 is 20.5 Å². The number of anilines is 1. The molecule has 8 heteroatoms. The Hall–Kier alpha value is -1.22. The molecule has 3 rings (SSSR count). The average molecular weight is 354 g/mol. The van der Waals surface area contributed by atoms with Gasteiger partial charge in [-0.15, -0.1) is 0 Å². The number of amides is 1. The molecule has 2 aliphatic rings. The molecule has 2 fully saturated rings. The number of aryl methyl sites for hydroxylation is 1. The highest BCUT2D eigenvalue weighted by Gasteiger charge is 2.34. The van der Waals surface area contributed by atoms with Crippen LogP contribution in [0.2, 0.25) is 0 Å². The molecule has 3 N–H and O–H groups in total. The third kappa shape index (κ3) is 4.05. The number of hydrogen-bond acceptors (Lipinski definition) is 7. The van der Waals surface area contributed by atoms with Crippen LogP contribution in [-0.4, -0.2) is 77.3 Å². The fraction of sp³-hybridized carbons (Fsp3) is 0.750. The summed E-state index contributed by atoms with van der Waals surface area (Å²) >= 11 is 1.24. The van der Waals surface area contributed by atoms with E-state index in [1.54, 1.807) is 0 Å². The topological polar surface area (TPSA) is 91.9 Å². The van der Waals surface area contributed by atoms with Gasteiger partial charge in [-0.2, -0.15) is 0 Å². The zero-order valence-corrected chi connectivity index (χ0v) is 15.0. The van der Waals surface area contributed by atoms with Gasteiger partial charge in [0.05, 0.1) is 24.5 Å². The summed E-state index contributed by atoms with van der Waals surface area (Å²) in [5.74, 6) is -0.0164. The Morgan fingerprint density at radius 3 is 2.75 bits per heavy atom. The lowest BCUT2D eigenvalue weighted by Crippen LogP contribution is -2.48. The molecule has 24 heavy (non-hydrogen) atoms. The number of hydrogen-bond donors (Lipinski definition) is 2. The third-order valence-corrected chi connectivity index (χ3v) is 5.81. The molecule has 1 amide bonds. The second kappa shape index (κ2) is 7.35. The predicted molar refractivity (Wildman–Crippen MR) is 93.2 cm³/mol. The zero-order chi connectivity index (χ0) is 17.2. The van der Waals surface area contributed by atoms with Crippen LogP contribution in [0.4, 0.5) is 5.13 Å². The number of carbonyl (C=O) groups is 1. The molecule has 0 aliphatic carbocycles. The first-order valence-electron chi connectivity index (χ1n) is 8.51. The van der Waals surface area contributed by atoms with Crippen LogP contribution in [0.15, 0.2) is 0 Å². The van der Waals surface area contributed by atoms with Crippen molar-refractivity contribution in [2.24, 2.45) is 0 Å². The highest BCUT2D eigenvalue weighted by Crippen LogP contribution is 2.27. The van der Waals surface area contributed by atoms with Crippen molar-refractivity contribution in [3.05, 3.63) is 10.6 Å². The Balaban J connectivity index is 1.61. The minimum absolute atomic E-state index is 0.0164. The number of morpholine rings is 1. The van der Waals surface area contributed by atoms with Gasteiger partial charge in [-0.25, -0.2) is 4.98 Å². The van der Waals surface area contributed by atoms with Gasteiger partial charge in [0, 0.05) is 32.7 Å². The van der Waals surface area contributed by atoms with Gasteiger partial charge in [0.25, 0.3) is 5.91 Å². The lowest BCUT2D eigenvalue weighted by Gasteiger charge is -2.35. The minimum Gasteiger partial charge on any atom is -0.388 e. The smallest absolute Gasteiger partial charge is 0.265 e. The molecule has 0 spiro atoms. The number of aromatic nitrogens is 1. The van der Waals surface area contributed by atoms with Crippen LogP contribution in [0.5, 0.6) is 0 Å². The van der Waals surface area contributed by atoms with E-state index < -0.39 is 5.60 Å². The summed E-state index contributed by atoms with van der Waals surface area (Å²) in [6.07, 6.45) is 2.13. The summed E-state index contributed by atoms with van der Waals surface area (Å²) in [6.45, 7) is 6.89. The van der Waals surface area contributed by atoms with Gasteiger partial charge in [-0.3, -0.25) is 9.69 Å². The van der Waals surface area contributed by atoms with Crippen LogP contribution in [0.1, 0.15) is 34.6 Å². The van der Waals surface area contributed by atoms with Gasteiger partial charge in [-0.1, -0.05) is 11.3 Å². The molecule has 0 unspecified atom stereocenters. The van der Waals surface area contributed by atoms with Gasteiger partial charge in [0.15, 0.2) is 5.13 Å². The van der Waals surface area contributed by atoms with E-state index in [4.69, 9.17) is 10.5 Å². The number of carbonyl (C=O) groups excluding carboxylic acids is 1. The van der Waals surface area contributed by atoms with Gasteiger partial charge in [-0.05, 0) is 26.2 Å². The summed E-state index contributed by atoms with van der Waals surface area (Å²) < 4.78 is 5.37. The standard InChI is InChI=1S/C16H26N4O3S/c1-12-13(24-15(17)18-12)14(21)20-5-2-3-16(22,4-6-20)11-19-7-9-23-10-8-19/h22H,2-11H2,1H3,(H2,17,18)/t16-/m1/s1. The molecule has 1 aromatic heterocycles. The molecule has 2 saturated heterocycles. The van der Waals surface area contributed by atoms with Crippen molar-refractivity contribution in [1.29, 1.82) is 0 Å². The largest absolute Gasteiger partial charge is 0.388 e. The van der Waals surface area contributed by atoms with E-state index >= 15 is 0 Å². The number of ether oxygens (including phenoxy) is 1. The number of nitrogens with zero attached hydrogens (tertiary/aromatic N) is 3. The molecular formula is C16H26N4O3S. The summed E-state index contributed by atoms with van der Waals surface area (Å²) in [7, 11) is 0. The van der Waals surface area contributed by atoms with Crippen molar-refractivity contribution in [2.45, 2.75) is 31.8 Å². The molecule has 3 heterocycles. The second-order valence-corrected chi connectivity index (χ2v) is 7.76. The van der Waals surface area contributed by atoms with Crippen molar-refractivity contribution in [1.82, 2.24) is 14.8 Å². The first-order chi connectivity index (χ1) is 11.5. The number of nitrogens with two attached hydrogens (primary N) is 1. The molecule has 0 saturated carbocycles. The van der Waals surface area contributed by atoms with E-state index in [0.29, 0.717) is 41.8 Å². The van der Waals surface area contributed by atoms with Crippen LogP contribution in [0, 0.1) is 6.92 Å². The van der Waals surface area contributed by atoms with Crippen LogP contribution in [-0.2, 0) is 4.74 Å². The van der Waals surface area contributed by atoms with E-state index in [1.807, 2.05) is 11.8 Å². The molecule has 1 atom stereocenters. The normalized spacial score (nSPS) is 26.3. The van der Waals surface area contributed by atoms with Gasteiger partial charge >= 0.3 is 0 Å². The van der Waals surface area contributed by atoms with Crippen molar-refractivity contribution in [3.8, 4) is 0 Å². The minimum atomic E-state index is -0.728. The molecule has 0 aromatic carbocycles. The Kier molecular flexibility index (Phi) is 5.39. The van der Waals surface area contributed by atoms with Crippen molar-refractivity contribution in [3.63, 3.8) is 0 Å². The third-order valence-electron chi connectivity index (χ3n) is 4.83. The number of β-amino-alcohol motifs (C(OH)–C–C–N with tert-alkyl or cyclic N) is 1. The lowest BCUT2D eigenvalue weighted by molar-refractivity contribution is -0.0389. The average Bonchev–Trinajstić information content (AvgIpc) is 2.77. The molecule has 7 nitrogen and oxygen atoms in total. The number of thiazole rings is 1. The van der Waals surface area contributed by atoms with E-state index in [9.17, 15) is 9.90 Å². The molecular weight excluding hydrogens is 328 g/mol. The fourth-order valence-corrected chi connectivity index (χ4v) is 4.28. The Morgan fingerprint density at radius 2 is 2.08 bits per heavy atom. The number of rotatable bonds is 3. The maximum Gasteiger partial charge on any atom is 0.265 e. The molecule has 2 aliphatic heterocycles. The Labute approximate surface area is 146 Å². The van der Waals surface area contributed by atoms with E-state index in [-0.39, 0.29) is 5.91 Å². The number of nitrogen functional groups attached to an aromatic ring is 1. The van der Waals surface area contributed by atoms with Crippen LogP contribution in [0.3, 0.4) is 0 Å². The zero-order valence-electron chi connectivity index (χ0n) is 14.2. The first kappa shape index (κ1) is 17.6. The summed E-state index contributed by atoms with van der Waals surface area (Å²) in [5, 5.41) is 11.4. The molecule has 134 valence electrons. The SMILES string of the molecule is Cc1nc(N)sc1C(=O)N1CCC[C@](O)(CN2CCOCC2)CC1. The van der Waals surface area contributed by atoms with Crippen LogP contribution >= 0.6 is 11.3 Å². The van der Waals surface area contributed by atoms with Crippen molar-refractivity contribution in [2.75, 3.05) is 51.7 Å². The highest BCUT2D eigenvalue weighted by atomic mass is 32.1. The summed E-state index contributed by atoms with van der Waals surface area (Å²) in [5.41, 5.74) is 5.67. The number of aliphatic hydroxyl groups is 1. The highest BCUT2D eigenvalue weighted by molar-refractivity contribution is 7.17. The summed E-state index contributed by atoms with van der Waals surface area (Å²) in [4.78, 5) is 21.6. The van der Waals surface area contributed by atoms with Crippen LogP contribution < -0.4 is 5.73 Å². The van der Waals surface area contributed by atoms with E-state index in [1.165, 1.54) is 11.3 Å².